The molecule has 1 aromatic heterocycles. The van der Waals surface area contributed by atoms with Crippen LogP contribution in [0, 0.1) is 0 Å². The van der Waals surface area contributed by atoms with Gasteiger partial charge in [-0.3, -0.25) is 14.4 Å². The van der Waals surface area contributed by atoms with Crippen molar-refractivity contribution in [2.24, 2.45) is 7.05 Å². The lowest BCUT2D eigenvalue weighted by atomic mass is 9.97. The average Bonchev–Trinajstić information content (AvgIpc) is 3.00. The number of carbonyl (C=O) groups is 1. The topological polar surface area (TPSA) is 63.1 Å². The van der Waals surface area contributed by atoms with E-state index in [1.54, 1.807) is 11.8 Å². The molecule has 2 fully saturated rings. The van der Waals surface area contributed by atoms with Gasteiger partial charge in [0, 0.05) is 52.1 Å². The van der Waals surface area contributed by atoms with E-state index in [2.05, 4.69) is 21.9 Å². The molecular weight excluding hydrogens is 358 g/mol. The number of nitrogens with zero attached hydrogens (tertiary/aromatic N) is 5. The van der Waals surface area contributed by atoms with E-state index in [1.165, 1.54) is 0 Å². The Labute approximate surface area is 168 Å². The van der Waals surface area contributed by atoms with E-state index in [-0.39, 0.29) is 18.1 Å². The zero-order chi connectivity index (χ0) is 20.3. The van der Waals surface area contributed by atoms with Gasteiger partial charge in [0.15, 0.2) is 0 Å². The van der Waals surface area contributed by atoms with Crippen molar-refractivity contribution in [3.05, 3.63) is 18.0 Å². The second-order valence-electron chi connectivity index (χ2n) is 8.47. The first-order chi connectivity index (χ1) is 13.3. The van der Waals surface area contributed by atoms with Crippen LogP contribution < -0.4 is 0 Å². The van der Waals surface area contributed by atoms with Crippen molar-refractivity contribution in [3.63, 3.8) is 0 Å². The summed E-state index contributed by atoms with van der Waals surface area (Å²) in [6.45, 7) is 9.82. The molecule has 2 aliphatic rings. The van der Waals surface area contributed by atoms with Crippen LogP contribution in [0.25, 0.3) is 0 Å². The highest BCUT2D eigenvalue weighted by Crippen LogP contribution is 2.32. The normalized spacial score (nSPS) is 25.7. The summed E-state index contributed by atoms with van der Waals surface area (Å²) in [4.78, 5) is 20.0. The third-order valence-corrected chi connectivity index (χ3v) is 5.95. The number of methoxy groups -OCH3 is 1. The van der Waals surface area contributed by atoms with Crippen LogP contribution >= 0.6 is 0 Å². The van der Waals surface area contributed by atoms with Gasteiger partial charge in [-0.15, -0.1) is 0 Å². The Hall–Kier alpha value is -1.48. The van der Waals surface area contributed by atoms with E-state index < -0.39 is 5.60 Å². The van der Waals surface area contributed by atoms with Crippen LogP contribution in [0.15, 0.2) is 12.4 Å². The van der Waals surface area contributed by atoms with E-state index >= 15 is 0 Å². The summed E-state index contributed by atoms with van der Waals surface area (Å²) in [6, 6.07) is -0.162. The molecule has 0 aliphatic carbocycles. The van der Waals surface area contributed by atoms with Crippen molar-refractivity contribution in [2.75, 3.05) is 60.0 Å². The summed E-state index contributed by atoms with van der Waals surface area (Å²) in [7, 11) is 5.66. The fraction of sp³-hybridized carbons (Fsp3) is 0.800. The Balaban J connectivity index is 1.84. The van der Waals surface area contributed by atoms with Crippen molar-refractivity contribution in [3.8, 4) is 0 Å². The first kappa shape index (κ1) is 21.2. The van der Waals surface area contributed by atoms with Gasteiger partial charge in [-0.1, -0.05) is 0 Å². The smallest absolute Gasteiger partial charge is 0.254 e. The van der Waals surface area contributed by atoms with Crippen molar-refractivity contribution in [1.29, 1.82) is 0 Å². The summed E-state index contributed by atoms with van der Waals surface area (Å²) in [5, 5.41) is 4.35. The summed E-state index contributed by atoms with van der Waals surface area (Å²) < 4.78 is 13.5. The minimum atomic E-state index is -0.867. The molecule has 1 amide bonds. The van der Waals surface area contributed by atoms with Crippen molar-refractivity contribution in [2.45, 2.75) is 38.0 Å². The van der Waals surface area contributed by atoms with E-state index in [9.17, 15) is 4.79 Å². The third-order valence-electron chi connectivity index (χ3n) is 5.95. The molecule has 0 aromatic carbocycles. The molecular formula is C20H35N5O3. The highest BCUT2D eigenvalue weighted by atomic mass is 16.5. The lowest BCUT2D eigenvalue weighted by Crippen LogP contribution is -2.56. The monoisotopic (exact) mass is 393 g/mol. The number of rotatable bonds is 5. The van der Waals surface area contributed by atoms with Crippen LogP contribution in [0.2, 0.25) is 0 Å². The van der Waals surface area contributed by atoms with Gasteiger partial charge < -0.3 is 19.3 Å². The lowest BCUT2D eigenvalue weighted by molar-refractivity contribution is -0.167. The molecule has 0 spiro atoms. The van der Waals surface area contributed by atoms with Crippen LogP contribution in [-0.2, 0) is 21.3 Å². The van der Waals surface area contributed by atoms with E-state index in [0.717, 1.165) is 44.7 Å². The predicted octanol–water partition coefficient (Wildman–Crippen LogP) is 0.751. The maximum Gasteiger partial charge on any atom is 0.254 e. The molecule has 0 bridgehead atoms. The van der Waals surface area contributed by atoms with Gasteiger partial charge in [0.25, 0.3) is 5.91 Å². The predicted molar refractivity (Wildman–Crippen MR) is 107 cm³/mol. The first-order valence-corrected chi connectivity index (χ1v) is 10.2. The number of likely N-dealkylation sites (N-methyl/N-ethyl adjacent to an activating group) is 1. The standard InChI is InChI=1S/C20H35N5O3/c1-20(2,27-5)19(26)25-11-12-28-17(18(25)16-13-21-23(4)14-16)15-24-8-6-7-22(3)9-10-24/h13-14,17-18H,6-12,15H2,1-5H3/t17-,18-/m0/s1. The van der Waals surface area contributed by atoms with Crippen molar-refractivity contribution in [1.82, 2.24) is 24.5 Å². The van der Waals surface area contributed by atoms with Gasteiger partial charge in [0.2, 0.25) is 0 Å². The number of aromatic nitrogens is 2. The highest BCUT2D eigenvalue weighted by molar-refractivity contribution is 5.85. The molecule has 8 nitrogen and oxygen atoms in total. The van der Waals surface area contributed by atoms with Crippen LogP contribution in [0.1, 0.15) is 31.9 Å². The summed E-state index contributed by atoms with van der Waals surface area (Å²) >= 11 is 0. The van der Waals surface area contributed by atoms with Crippen LogP contribution in [-0.4, -0.2) is 102 Å². The molecule has 0 unspecified atom stereocenters. The molecule has 0 radical (unpaired) electrons. The Bertz CT molecular complexity index is 662. The maximum absolute atomic E-state index is 13.3. The Morgan fingerprint density at radius 2 is 2.04 bits per heavy atom. The number of ether oxygens (including phenoxy) is 2. The summed E-state index contributed by atoms with van der Waals surface area (Å²) in [5.74, 6) is -0.00671. The zero-order valence-corrected chi connectivity index (χ0v) is 17.9. The fourth-order valence-corrected chi connectivity index (χ4v) is 4.07. The highest BCUT2D eigenvalue weighted by Gasteiger charge is 2.42. The zero-order valence-electron chi connectivity index (χ0n) is 17.9. The Morgan fingerprint density at radius 1 is 1.25 bits per heavy atom. The number of morpholine rings is 1. The lowest BCUT2D eigenvalue weighted by Gasteiger charge is -2.44. The molecule has 28 heavy (non-hydrogen) atoms. The molecule has 2 aliphatic heterocycles. The Morgan fingerprint density at radius 3 is 2.71 bits per heavy atom. The molecule has 8 heteroatoms. The fourth-order valence-electron chi connectivity index (χ4n) is 4.07. The van der Waals surface area contributed by atoms with Crippen LogP contribution in [0.4, 0.5) is 0 Å². The quantitative estimate of drug-likeness (QED) is 0.736. The van der Waals surface area contributed by atoms with Crippen LogP contribution in [0.5, 0.6) is 0 Å². The average molecular weight is 394 g/mol. The van der Waals surface area contributed by atoms with Gasteiger partial charge in [-0.2, -0.15) is 5.10 Å². The third kappa shape index (κ3) is 4.74. The molecule has 1 aromatic rings. The van der Waals surface area contributed by atoms with Gasteiger partial charge in [0.1, 0.15) is 5.60 Å². The van der Waals surface area contributed by atoms with E-state index in [1.807, 2.05) is 38.2 Å². The number of carbonyl (C=O) groups excluding carboxylic acids is 1. The Kier molecular flexibility index (Phi) is 6.75. The molecule has 3 rings (SSSR count). The van der Waals surface area contributed by atoms with E-state index in [4.69, 9.17) is 9.47 Å². The van der Waals surface area contributed by atoms with Gasteiger partial charge >= 0.3 is 0 Å². The largest absolute Gasteiger partial charge is 0.373 e. The number of aryl methyl sites for hydroxylation is 1. The molecule has 2 atom stereocenters. The van der Waals surface area contributed by atoms with Gasteiger partial charge in [-0.05, 0) is 40.4 Å². The molecule has 0 N–H and O–H groups in total. The van der Waals surface area contributed by atoms with Crippen LogP contribution in [0.3, 0.4) is 0 Å². The van der Waals surface area contributed by atoms with Crippen molar-refractivity contribution < 1.29 is 14.3 Å². The molecule has 3 heterocycles. The number of hydrogen-bond acceptors (Lipinski definition) is 6. The maximum atomic E-state index is 13.3. The second-order valence-corrected chi connectivity index (χ2v) is 8.47. The van der Waals surface area contributed by atoms with E-state index in [0.29, 0.717) is 13.2 Å². The summed E-state index contributed by atoms with van der Waals surface area (Å²) in [6.07, 6.45) is 4.91. The second kappa shape index (κ2) is 8.90. The molecule has 158 valence electrons. The minimum Gasteiger partial charge on any atom is -0.373 e. The number of hydrogen-bond donors (Lipinski definition) is 0. The SMILES string of the molecule is COC(C)(C)C(=O)N1CCO[C@@H](CN2CCCN(C)CC2)[C@@H]1c1cnn(C)c1. The van der Waals surface area contributed by atoms with Gasteiger partial charge in [-0.25, -0.2) is 0 Å². The van der Waals surface area contributed by atoms with Crippen molar-refractivity contribution >= 4 is 5.91 Å². The molecule has 0 saturated carbocycles. The minimum absolute atomic E-state index is 0.00671. The first-order valence-electron chi connectivity index (χ1n) is 10.2. The number of amides is 1. The summed E-state index contributed by atoms with van der Waals surface area (Å²) in [5.41, 5.74) is 0.146. The molecule has 2 saturated heterocycles. The van der Waals surface area contributed by atoms with Gasteiger partial charge in [0.05, 0.1) is 24.9 Å².